The van der Waals surface area contributed by atoms with Crippen LogP contribution in [0.4, 0.5) is 5.69 Å². The molecule has 10 heteroatoms. The summed E-state index contributed by atoms with van der Waals surface area (Å²) in [5, 5.41) is 2.53. The number of nitrogens with zero attached hydrogens (tertiary/aromatic N) is 2. The van der Waals surface area contributed by atoms with Crippen LogP contribution >= 0.6 is 0 Å². The van der Waals surface area contributed by atoms with Gasteiger partial charge in [-0.25, -0.2) is 13.4 Å². The lowest BCUT2D eigenvalue weighted by Crippen LogP contribution is -2.42. The predicted molar refractivity (Wildman–Crippen MR) is 107 cm³/mol. The first-order valence-corrected chi connectivity index (χ1v) is 10.0. The summed E-state index contributed by atoms with van der Waals surface area (Å²) in [6, 6.07) is 13.5. The van der Waals surface area contributed by atoms with Gasteiger partial charge in [-0.1, -0.05) is 24.3 Å². The molecule has 29 heavy (non-hydrogen) atoms. The molecule has 0 aliphatic heterocycles. The quantitative estimate of drug-likeness (QED) is 0.532. The molecule has 0 radical (unpaired) electrons. The van der Waals surface area contributed by atoms with Crippen LogP contribution in [0.3, 0.4) is 0 Å². The maximum Gasteiger partial charge on any atom is 0.284 e. The Morgan fingerprint density at radius 3 is 2.48 bits per heavy atom. The van der Waals surface area contributed by atoms with Gasteiger partial charge in [-0.15, -0.1) is 4.83 Å². The topological polar surface area (TPSA) is 122 Å². The fourth-order valence-corrected chi connectivity index (χ4v) is 3.77. The molecule has 2 amide bonds. The van der Waals surface area contributed by atoms with Crippen LogP contribution in [0.1, 0.15) is 23.0 Å². The van der Waals surface area contributed by atoms with E-state index in [0.29, 0.717) is 16.9 Å². The summed E-state index contributed by atoms with van der Waals surface area (Å²) >= 11 is 0. The number of sulfonamides is 1. The molecule has 150 valence electrons. The van der Waals surface area contributed by atoms with Crippen LogP contribution in [0.5, 0.6) is 0 Å². The molecule has 1 heterocycles. The highest BCUT2D eigenvalue weighted by atomic mass is 32.2. The van der Waals surface area contributed by atoms with Gasteiger partial charge in [0, 0.05) is 18.3 Å². The lowest BCUT2D eigenvalue weighted by Gasteiger charge is -2.13. The number of hydrogen-bond donors (Lipinski definition) is 3. The number of amides is 2. The van der Waals surface area contributed by atoms with Crippen molar-refractivity contribution >= 4 is 27.5 Å². The minimum Gasteiger partial charge on any atom is -0.326 e. The highest BCUT2D eigenvalue weighted by Gasteiger charge is 2.20. The van der Waals surface area contributed by atoms with E-state index in [1.165, 1.54) is 30.1 Å². The highest BCUT2D eigenvalue weighted by Crippen LogP contribution is 2.20. The SMILES string of the molecule is CC(=O)Nc1ccc(C)c(S(=O)(=O)NNC(=O)c2cncn2-c2ccccc2)c1. The fraction of sp³-hybridized carbons (Fsp3) is 0.105. The smallest absolute Gasteiger partial charge is 0.284 e. The second-order valence-corrected chi connectivity index (χ2v) is 7.86. The van der Waals surface area contributed by atoms with Crippen molar-refractivity contribution in [2.45, 2.75) is 18.7 Å². The number of anilines is 1. The van der Waals surface area contributed by atoms with Crippen molar-refractivity contribution in [3.63, 3.8) is 0 Å². The van der Waals surface area contributed by atoms with E-state index in [1.807, 2.05) is 18.2 Å². The van der Waals surface area contributed by atoms with Crippen molar-refractivity contribution in [1.82, 2.24) is 19.8 Å². The summed E-state index contributed by atoms with van der Waals surface area (Å²) in [6.07, 6.45) is 2.79. The molecule has 2 aromatic carbocycles. The molecule has 3 rings (SSSR count). The van der Waals surface area contributed by atoms with E-state index in [9.17, 15) is 18.0 Å². The van der Waals surface area contributed by atoms with E-state index in [-0.39, 0.29) is 16.5 Å². The zero-order chi connectivity index (χ0) is 21.0. The lowest BCUT2D eigenvalue weighted by atomic mass is 10.2. The zero-order valence-electron chi connectivity index (χ0n) is 15.7. The van der Waals surface area contributed by atoms with Crippen LogP contribution in [-0.2, 0) is 14.8 Å². The Bertz CT molecular complexity index is 1160. The maximum absolute atomic E-state index is 12.7. The van der Waals surface area contributed by atoms with E-state index in [0.717, 1.165) is 0 Å². The molecule has 0 unspecified atom stereocenters. The number of nitrogens with one attached hydrogen (secondary N) is 3. The highest BCUT2D eigenvalue weighted by molar-refractivity contribution is 7.89. The predicted octanol–water partition coefficient (Wildman–Crippen LogP) is 1.76. The third-order valence-corrected chi connectivity index (χ3v) is 5.39. The van der Waals surface area contributed by atoms with Gasteiger partial charge in [0.15, 0.2) is 0 Å². The number of hydrogen-bond acceptors (Lipinski definition) is 5. The number of imidazole rings is 1. The second kappa shape index (κ2) is 8.25. The van der Waals surface area contributed by atoms with Gasteiger partial charge in [-0.3, -0.25) is 19.6 Å². The number of carbonyl (C=O) groups excluding carboxylic acids is 2. The Morgan fingerprint density at radius 1 is 1.07 bits per heavy atom. The van der Waals surface area contributed by atoms with E-state index in [4.69, 9.17) is 0 Å². The van der Waals surface area contributed by atoms with Gasteiger partial charge in [0.2, 0.25) is 5.91 Å². The summed E-state index contributed by atoms with van der Waals surface area (Å²) in [6.45, 7) is 2.93. The molecule has 0 fully saturated rings. The Hall–Kier alpha value is -3.50. The minimum atomic E-state index is -4.08. The van der Waals surface area contributed by atoms with Gasteiger partial charge in [0.25, 0.3) is 15.9 Å². The molecule has 0 atom stereocenters. The third kappa shape index (κ3) is 4.68. The number of rotatable bonds is 6. The number of aromatic nitrogens is 2. The van der Waals surface area contributed by atoms with Gasteiger partial charge in [0.1, 0.15) is 5.69 Å². The van der Waals surface area contributed by atoms with Crippen LogP contribution < -0.4 is 15.6 Å². The summed E-state index contributed by atoms with van der Waals surface area (Å²) < 4.78 is 26.9. The minimum absolute atomic E-state index is 0.0689. The Morgan fingerprint density at radius 2 is 1.79 bits per heavy atom. The van der Waals surface area contributed by atoms with Crippen molar-refractivity contribution in [2.75, 3.05) is 5.32 Å². The zero-order valence-corrected chi connectivity index (χ0v) is 16.5. The van der Waals surface area contributed by atoms with Gasteiger partial charge in [-0.2, -0.15) is 0 Å². The number of aryl methyl sites for hydroxylation is 1. The Kier molecular flexibility index (Phi) is 5.76. The Labute approximate surface area is 167 Å². The molecule has 9 nitrogen and oxygen atoms in total. The molecular weight excluding hydrogens is 394 g/mol. The number of benzene rings is 2. The summed E-state index contributed by atoms with van der Waals surface area (Å²) in [5.41, 5.74) is 3.84. The van der Waals surface area contributed by atoms with Gasteiger partial charge in [0.05, 0.1) is 17.4 Å². The van der Waals surface area contributed by atoms with E-state index < -0.39 is 15.9 Å². The van der Waals surface area contributed by atoms with E-state index in [2.05, 4.69) is 20.6 Å². The molecular formula is C19H19N5O4S. The molecule has 0 aliphatic rings. The van der Waals surface area contributed by atoms with Crippen molar-refractivity contribution in [3.05, 3.63) is 72.3 Å². The maximum atomic E-state index is 12.7. The first kappa shape index (κ1) is 20.2. The molecule has 0 saturated carbocycles. The van der Waals surface area contributed by atoms with Gasteiger partial charge < -0.3 is 5.32 Å². The van der Waals surface area contributed by atoms with Crippen LogP contribution in [0.15, 0.2) is 66.0 Å². The van der Waals surface area contributed by atoms with Crippen molar-refractivity contribution < 1.29 is 18.0 Å². The number of para-hydroxylation sites is 1. The van der Waals surface area contributed by atoms with Crippen LogP contribution in [-0.4, -0.2) is 29.8 Å². The van der Waals surface area contributed by atoms with Crippen molar-refractivity contribution in [2.24, 2.45) is 0 Å². The molecule has 3 aromatic rings. The third-order valence-electron chi connectivity index (χ3n) is 4.00. The summed E-state index contributed by atoms with van der Waals surface area (Å²) in [5.74, 6) is -1.00. The molecule has 0 bridgehead atoms. The molecule has 0 saturated heterocycles. The molecule has 3 N–H and O–H groups in total. The largest absolute Gasteiger partial charge is 0.326 e. The fourth-order valence-electron chi connectivity index (χ4n) is 2.66. The van der Waals surface area contributed by atoms with Crippen molar-refractivity contribution in [1.29, 1.82) is 0 Å². The lowest BCUT2D eigenvalue weighted by molar-refractivity contribution is -0.114. The summed E-state index contributed by atoms with van der Waals surface area (Å²) in [7, 11) is -4.08. The first-order valence-electron chi connectivity index (χ1n) is 8.56. The van der Waals surface area contributed by atoms with Gasteiger partial charge in [-0.05, 0) is 36.8 Å². The number of hydrazine groups is 1. The normalized spacial score (nSPS) is 11.1. The monoisotopic (exact) mass is 413 g/mol. The van der Waals surface area contributed by atoms with E-state index >= 15 is 0 Å². The average Bonchev–Trinajstić information content (AvgIpc) is 3.18. The Balaban J connectivity index is 1.79. The van der Waals surface area contributed by atoms with Gasteiger partial charge >= 0.3 is 0 Å². The van der Waals surface area contributed by atoms with E-state index in [1.54, 1.807) is 31.2 Å². The van der Waals surface area contributed by atoms with Crippen LogP contribution in [0.2, 0.25) is 0 Å². The summed E-state index contributed by atoms with van der Waals surface area (Å²) in [4.78, 5) is 29.7. The molecule has 0 spiro atoms. The van der Waals surface area contributed by atoms with Crippen molar-refractivity contribution in [3.8, 4) is 5.69 Å². The standard InChI is InChI=1S/C19H19N5O4S/c1-13-8-9-15(21-14(2)25)10-18(13)29(27,28)23-22-19(26)17-11-20-12-24(17)16-6-4-3-5-7-16/h3-12,23H,1-2H3,(H,21,25)(H,22,26). The number of carbonyl (C=O) groups is 2. The molecule has 1 aromatic heterocycles. The van der Waals surface area contributed by atoms with Crippen LogP contribution in [0, 0.1) is 6.92 Å². The molecule has 0 aliphatic carbocycles. The van der Waals surface area contributed by atoms with Crippen LogP contribution in [0.25, 0.3) is 5.69 Å². The average molecular weight is 413 g/mol. The second-order valence-electron chi connectivity index (χ2n) is 6.21. The first-order chi connectivity index (χ1) is 13.8.